The average Bonchev–Trinajstić information content (AvgIpc) is 2.54. The topological polar surface area (TPSA) is 84.1 Å². The summed E-state index contributed by atoms with van der Waals surface area (Å²) in [7, 11) is 0. The Morgan fingerprint density at radius 2 is 2.04 bits per heavy atom. The Balaban J connectivity index is 2.26. The van der Waals surface area contributed by atoms with Crippen LogP contribution in [0.15, 0.2) is 35.1 Å². The molecule has 0 radical (unpaired) electrons. The number of hydrogen-bond acceptors (Lipinski definition) is 4. The molecule has 0 bridgehead atoms. The molecule has 0 aliphatic carbocycles. The normalized spacial score (nSPS) is 10.1. The molecule has 6 nitrogen and oxygen atoms in total. The lowest BCUT2D eigenvalue weighted by Crippen LogP contribution is -2.31. The number of aromatic nitrogens is 1. The van der Waals surface area contributed by atoms with Gasteiger partial charge in [-0.3, -0.25) is 9.59 Å². The molecule has 1 heterocycles. The largest absolute Gasteiger partial charge is 0.492 e. The second-order valence-corrected chi connectivity index (χ2v) is 5.32. The summed E-state index contributed by atoms with van der Waals surface area (Å²) in [6.45, 7) is 5.61. The number of amides is 1. The van der Waals surface area contributed by atoms with Crippen LogP contribution in [0.4, 0.5) is 5.69 Å². The Morgan fingerprint density at radius 1 is 1.33 bits per heavy atom. The minimum atomic E-state index is -0.455. The van der Waals surface area contributed by atoms with Gasteiger partial charge in [-0.2, -0.15) is 5.26 Å². The fraction of sp³-hybridized carbons (Fsp3) is 0.278. The molecule has 0 aliphatic heterocycles. The fourth-order valence-electron chi connectivity index (χ4n) is 2.44. The molecule has 0 unspecified atom stereocenters. The number of carbonyl (C=O) groups is 1. The van der Waals surface area contributed by atoms with Gasteiger partial charge in [-0.25, -0.2) is 0 Å². The first kappa shape index (κ1) is 17.3. The number of carbonyl (C=O) groups excluding carboxylic acids is 1. The summed E-state index contributed by atoms with van der Waals surface area (Å²) in [5.41, 5.74) is 1.39. The molecule has 0 saturated heterocycles. The number of benzene rings is 1. The Kier molecular flexibility index (Phi) is 5.38. The third-order valence-electron chi connectivity index (χ3n) is 3.58. The number of para-hydroxylation sites is 2. The standard InChI is InChI=1S/C18H19N3O3/c1-4-24-16-8-6-5-7-15(16)20-17(22)11-21-13(3)9-12(2)14(10-19)18(21)23/h5-9H,4,11H2,1-3H3,(H,20,22). The third kappa shape index (κ3) is 3.63. The number of rotatable bonds is 5. The molecule has 1 amide bonds. The molecule has 0 fully saturated rings. The van der Waals surface area contributed by atoms with Crippen LogP contribution in [0.3, 0.4) is 0 Å². The van der Waals surface area contributed by atoms with Crippen molar-refractivity contribution in [3.63, 3.8) is 0 Å². The molecule has 24 heavy (non-hydrogen) atoms. The van der Waals surface area contributed by atoms with E-state index in [-0.39, 0.29) is 18.0 Å². The Bertz CT molecular complexity index is 863. The van der Waals surface area contributed by atoms with Crippen LogP contribution in [-0.2, 0) is 11.3 Å². The van der Waals surface area contributed by atoms with Crippen LogP contribution in [-0.4, -0.2) is 17.1 Å². The van der Waals surface area contributed by atoms with Gasteiger partial charge in [0.25, 0.3) is 5.56 Å². The number of nitrogens with one attached hydrogen (secondary N) is 1. The SMILES string of the molecule is CCOc1ccccc1NC(=O)Cn1c(C)cc(C)c(C#N)c1=O. The molecular formula is C18H19N3O3. The maximum absolute atomic E-state index is 12.3. The first-order chi connectivity index (χ1) is 11.5. The van der Waals surface area contributed by atoms with Gasteiger partial charge in [-0.1, -0.05) is 12.1 Å². The zero-order chi connectivity index (χ0) is 17.7. The second kappa shape index (κ2) is 7.47. The van der Waals surface area contributed by atoms with Crippen LogP contribution in [0.5, 0.6) is 5.75 Å². The fourth-order valence-corrected chi connectivity index (χ4v) is 2.44. The highest BCUT2D eigenvalue weighted by atomic mass is 16.5. The van der Waals surface area contributed by atoms with E-state index >= 15 is 0 Å². The molecule has 2 rings (SSSR count). The summed E-state index contributed by atoms with van der Waals surface area (Å²) in [6.07, 6.45) is 0. The number of pyridine rings is 1. The first-order valence-corrected chi connectivity index (χ1v) is 7.60. The number of anilines is 1. The average molecular weight is 325 g/mol. The zero-order valence-corrected chi connectivity index (χ0v) is 13.9. The zero-order valence-electron chi connectivity index (χ0n) is 13.9. The van der Waals surface area contributed by atoms with E-state index in [0.717, 1.165) is 0 Å². The third-order valence-corrected chi connectivity index (χ3v) is 3.58. The van der Waals surface area contributed by atoms with Crippen molar-refractivity contribution in [2.75, 3.05) is 11.9 Å². The van der Waals surface area contributed by atoms with Crippen LogP contribution < -0.4 is 15.6 Å². The minimum absolute atomic E-state index is 0.0584. The van der Waals surface area contributed by atoms with E-state index in [4.69, 9.17) is 10.00 Å². The quantitative estimate of drug-likeness (QED) is 0.914. The van der Waals surface area contributed by atoms with Crippen molar-refractivity contribution in [1.82, 2.24) is 4.57 Å². The number of nitrogens with zero attached hydrogens (tertiary/aromatic N) is 2. The van der Waals surface area contributed by atoms with E-state index in [1.54, 1.807) is 38.1 Å². The molecule has 0 spiro atoms. The van der Waals surface area contributed by atoms with Crippen LogP contribution in [0, 0.1) is 25.2 Å². The number of hydrogen-bond donors (Lipinski definition) is 1. The summed E-state index contributed by atoms with van der Waals surface area (Å²) >= 11 is 0. The van der Waals surface area contributed by atoms with Gasteiger partial charge in [0, 0.05) is 5.69 Å². The van der Waals surface area contributed by atoms with Crippen molar-refractivity contribution >= 4 is 11.6 Å². The molecule has 0 atom stereocenters. The monoisotopic (exact) mass is 325 g/mol. The molecule has 1 aromatic heterocycles. The number of aryl methyl sites for hydroxylation is 2. The lowest BCUT2D eigenvalue weighted by atomic mass is 10.1. The number of ether oxygens (including phenoxy) is 1. The molecule has 124 valence electrons. The van der Waals surface area contributed by atoms with Crippen LogP contribution >= 0.6 is 0 Å². The van der Waals surface area contributed by atoms with Crippen LogP contribution in [0.1, 0.15) is 23.7 Å². The van der Waals surface area contributed by atoms with Crippen molar-refractivity contribution in [1.29, 1.82) is 5.26 Å². The number of nitriles is 1. The van der Waals surface area contributed by atoms with Crippen LogP contribution in [0.25, 0.3) is 0 Å². The predicted octanol–water partition coefficient (Wildman–Crippen LogP) is 2.37. The molecule has 2 aromatic rings. The highest BCUT2D eigenvalue weighted by molar-refractivity contribution is 5.92. The molecule has 0 saturated carbocycles. The van der Waals surface area contributed by atoms with Crippen molar-refractivity contribution < 1.29 is 9.53 Å². The van der Waals surface area contributed by atoms with Gasteiger partial charge in [0.2, 0.25) is 5.91 Å². The van der Waals surface area contributed by atoms with E-state index in [2.05, 4.69) is 5.32 Å². The van der Waals surface area contributed by atoms with Gasteiger partial charge in [-0.15, -0.1) is 0 Å². The maximum atomic E-state index is 12.3. The molecular weight excluding hydrogens is 306 g/mol. The molecule has 0 aliphatic rings. The van der Waals surface area contributed by atoms with E-state index in [1.165, 1.54) is 4.57 Å². The molecule has 1 N–H and O–H groups in total. The Hall–Kier alpha value is -3.07. The highest BCUT2D eigenvalue weighted by Crippen LogP contribution is 2.23. The van der Waals surface area contributed by atoms with Crippen LogP contribution in [0.2, 0.25) is 0 Å². The summed E-state index contributed by atoms with van der Waals surface area (Å²) in [6, 6.07) is 10.7. The van der Waals surface area contributed by atoms with Crippen molar-refractivity contribution in [2.24, 2.45) is 0 Å². The van der Waals surface area contributed by atoms with Gasteiger partial charge in [0.1, 0.15) is 23.9 Å². The Morgan fingerprint density at radius 3 is 2.71 bits per heavy atom. The maximum Gasteiger partial charge on any atom is 0.269 e. The minimum Gasteiger partial charge on any atom is -0.492 e. The van der Waals surface area contributed by atoms with Gasteiger partial charge in [0.05, 0.1) is 12.3 Å². The van der Waals surface area contributed by atoms with Gasteiger partial charge < -0.3 is 14.6 Å². The van der Waals surface area contributed by atoms with E-state index in [9.17, 15) is 9.59 Å². The van der Waals surface area contributed by atoms with Crippen molar-refractivity contribution in [2.45, 2.75) is 27.3 Å². The summed E-state index contributed by atoms with van der Waals surface area (Å²) < 4.78 is 6.76. The van der Waals surface area contributed by atoms with Crippen molar-refractivity contribution in [3.8, 4) is 11.8 Å². The summed E-state index contributed by atoms with van der Waals surface area (Å²) in [5.74, 6) is 0.208. The van der Waals surface area contributed by atoms with Gasteiger partial charge >= 0.3 is 0 Å². The smallest absolute Gasteiger partial charge is 0.269 e. The van der Waals surface area contributed by atoms with E-state index in [0.29, 0.717) is 29.3 Å². The van der Waals surface area contributed by atoms with E-state index in [1.807, 2.05) is 19.1 Å². The van der Waals surface area contributed by atoms with E-state index < -0.39 is 5.56 Å². The second-order valence-electron chi connectivity index (χ2n) is 5.32. The first-order valence-electron chi connectivity index (χ1n) is 7.60. The lowest BCUT2D eigenvalue weighted by molar-refractivity contribution is -0.116. The van der Waals surface area contributed by atoms with Gasteiger partial charge in [0.15, 0.2) is 0 Å². The summed E-state index contributed by atoms with van der Waals surface area (Å²) in [4.78, 5) is 24.7. The lowest BCUT2D eigenvalue weighted by Gasteiger charge is -2.14. The van der Waals surface area contributed by atoms with Crippen molar-refractivity contribution in [3.05, 3.63) is 57.5 Å². The summed E-state index contributed by atoms with van der Waals surface area (Å²) in [5, 5.41) is 11.8. The molecule has 1 aromatic carbocycles. The molecule has 6 heteroatoms. The highest BCUT2D eigenvalue weighted by Gasteiger charge is 2.14. The van der Waals surface area contributed by atoms with Gasteiger partial charge in [-0.05, 0) is 44.5 Å². The predicted molar refractivity (Wildman–Crippen MR) is 91.1 cm³/mol. The Labute approximate surface area is 140 Å².